The van der Waals surface area contributed by atoms with E-state index < -0.39 is 13.0 Å². The van der Waals surface area contributed by atoms with Crippen LogP contribution in [0.25, 0.3) is 0 Å². The molecule has 20 rings (SSSR count). The second-order valence-corrected chi connectivity index (χ2v) is 69.4. The van der Waals surface area contributed by atoms with Crippen molar-refractivity contribution in [2.75, 3.05) is 6.54 Å². The number of fused-ring (bicyclic) bond motifs is 20. The van der Waals surface area contributed by atoms with Crippen LogP contribution in [0.5, 0.6) is 0 Å². The molecule has 0 amide bonds. The molecular weight excluding hydrogens is 466 g/mol. The molecule has 0 saturated carbocycles. The normalized spacial score (nSPS) is 132. The standard InChI is InChI=1S/C17H23NO.2C5H5.2Fe/c18-13-7-1-2-12-16(19)17(14-8-3-4-9-14)15-10-5-6-11-15;2*1-2-4-5-3-1;;/h3-6,8-11,16-17,19H,1-2,7,12-13,18H2;2*1-5H;;. The van der Waals surface area contributed by atoms with Crippen molar-refractivity contribution in [3.8, 4) is 0 Å². The van der Waals surface area contributed by atoms with Crippen molar-refractivity contribution in [1.82, 2.24) is 0 Å². The molecule has 0 bridgehead atoms. The fourth-order valence-corrected chi connectivity index (χ4v) is 187. The summed E-state index contributed by atoms with van der Waals surface area (Å²) in [6, 6.07) is 0. The Bertz CT molecular complexity index is 1860. The summed E-state index contributed by atoms with van der Waals surface area (Å²) in [4.78, 5) is 26.2. The molecule has 20 fully saturated rings. The van der Waals surface area contributed by atoms with Gasteiger partial charge in [-0.25, -0.2) is 0 Å². The van der Waals surface area contributed by atoms with Crippen molar-refractivity contribution in [1.29, 1.82) is 0 Å². The zero-order valence-corrected chi connectivity index (χ0v) is 20.0. The maximum atomic E-state index is 12.5. The van der Waals surface area contributed by atoms with Crippen molar-refractivity contribution in [2.45, 2.75) is 127 Å². The molecule has 0 aromatic rings. The molecule has 0 aromatic heterocycles. The van der Waals surface area contributed by atoms with Crippen LogP contribution in [-0.2, 0) is 13.0 Å². The van der Waals surface area contributed by atoms with Crippen molar-refractivity contribution in [3.63, 3.8) is 0 Å². The first-order valence-electron chi connectivity index (χ1n) is 14.5. The summed E-state index contributed by atoms with van der Waals surface area (Å²) in [6.45, 7) is -5.52. The summed E-state index contributed by atoms with van der Waals surface area (Å²) in [7, 11) is 0. The van der Waals surface area contributed by atoms with Gasteiger partial charge in [-0.15, -0.1) is 0 Å². The van der Waals surface area contributed by atoms with Crippen LogP contribution in [0.15, 0.2) is 0 Å². The summed E-state index contributed by atoms with van der Waals surface area (Å²) in [5, 5.41) is 12.5. The number of rotatable bonds is 8. The molecule has 0 aromatic carbocycles. The van der Waals surface area contributed by atoms with Crippen LogP contribution in [0, 0.1) is 5.92 Å². The van der Waals surface area contributed by atoms with Crippen molar-refractivity contribution >= 4 is 0 Å². The molecule has 20 heterocycles. The van der Waals surface area contributed by atoms with Gasteiger partial charge in [-0.1, -0.05) is 0 Å². The van der Waals surface area contributed by atoms with Gasteiger partial charge in [0.05, 0.1) is 0 Å². The Balaban J connectivity index is 0.978. The van der Waals surface area contributed by atoms with Crippen LogP contribution < -0.4 is 5.73 Å². The van der Waals surface area contributed by atoms with E-state index in [1.54, 1.807) is 0 Å². The zero-order chi connectivity index (χ0) is 18.7. The first-order chi connectivity index (χ1) is 14.7. The molecule has 2 spiro atoms. The number of hydrogen-bond donors (Lipinski definition) is 2. The molecule has 20 aliphatic rings. The molecule has 3 N–H and O–H groups in total. The number of nitrogens with two attached hydrogens (primary N) is 1. The molecular formula is C27H33Fe2NO. The third-order valence-corrected chi connectivity index (χ3v) is 117. The second kappa shape index (κ2) is 0.985. The minimum absolute atomic E-state index is 0.178. The van der Waals surface area contributed by atoms with Crippen LogP contribution in [0.3, 0.4) is 0 Å². The quantitative estimate of drug-likeness (QED) is 0.279. The first kappa shape index (κ1) is 11.8. The van der Waals surface area contributed by atoms with Gasteiger partial charge in [0.2, 0.25) is 0 Å². The molecule has 20 aliphatic heterocycles. The van der Waals surface area contributed by atoms with E-state index in [0.717, 1.165) is 21.1 Å². The molecule has 0 aliphatic carbocycles. The predicted octanol–water partition coefficient (Wildman–Crippen LogP) is 7.00. The molecule has 9 atom stereocenters. The fourth-order valence-electron chi connectivity index (χ4n) is 36.2. The van der Waals surface area contributed by atoms with E-state index >= 15 is 0 Å². The predicted molar refractivity (Wildman–Crippen MR) is 110 cm³/mol. The Hall–Kier alpha value is 0.959. The topological polar surface area (TPSA) is 46.2 Å². The zero-order valence-electron chi connectivity index (χ0n) is 17.8. The number of aliphatic hydroxyl groups is 1. The maximum absolute atomic E-state index is 12.5. The molecule has 31 heavy (non-hydrogen) atoms. The van der Waals surface area contributed by atoms with Gasteiger partial charge < -0.3 is 0 Å². The molecule has 9 unspecified atom stereocenters. The first-order valence-corrected chi connectivity index (χ1v) is 27.1. The third kappa shape index (κ3) is 0.129. The minimum atomic E-state index is -3.19. The Labute approximate surface area is 162 Å². The molecule has 2 nitrogen and oxygen atoms in total. The molecule has 168 valence electrons. The van der Waals surface area contributed by atoms with Gasteiger partial charge in [0.25, 0.3) is 0 Å². The average molecular weight is 499 g/mol. The molecule has 20 saturated heterocycles. The van der Waals surface area contributed by atoms with Crippen molar-refractivity contribution in [2.24, 2.45) is 11.7 Å². The Morgan fingerprint density at radius 1 is 0.581 bits per heavy atom. The van der Waals surface area contributed by atoms with E-state index in [4.69, 9.17) is 5.73 Å². The SMILES string of the molecule is NCCCCCC(O)C([C]12[CH]3[CH]4[CH]5[CH]1[Fe]45321678[CH]2[CH]1[CH]6[CH]7[CH]28)[C]12[CH]3[CH]4[CH]5[CH]1[Fe]45321678[CH]2[CH]1[CH]6[CH]7[CH]28. The van der Waals surface area contributed by atoms with Crippen LogP contribution in [0.1, 0.15) is 25.7 Å². The number of aliphatic hydroxyl groups excluding tert-OH is 1. The van der Waals surface area contributed by atoms with Gasteiger partial charge in [-0.2, -0.15) is 0 Å². The summed E-state index contributed by atoms with van der Waals surface area (Å²) in [5.74, 6) is 1.00. The van der Waals surface area contributed by atoms with E-state index in [9.17, 15) is 5.11 Å². The van der Waals surface area contributed by atoms with Crippen LogP contribution in [0.2, 0.25) is 95.3 Å². The van der Waals surface area contributed by atoms with Gasteiger partial charge >= 0.3 is 163 Å². The Kier molecular flexibility index (Phi) is 0.375. The van der Waals surface area contributed by atoms with Crippen LogP contribution in [0.4, 0.5) is 0 Å². The van der Waals surface area contributed by atoms with Crippen molar-refractivity contribution < 1.29 is 18.1 Å². The van der Waals surface area contributed by atoms with Crippen LogP contribution >= 0.6 is 0 Å². The van der Waals surface area contributed by atoms with E-state index in [1.165, 1.54) is 112 Å². The third-order valence-electron chi connectivity index (χ3n) is 32.1. The summed E-state index contributed by atoms with van der Waals surface area (Å²) < 4.78 is 2.01. The van der Waals surface area contributed by atoms with Crippen LogP contribution in [-0.4, -0.2) is 17.8 Å². The summed E-state index contributed by atoms with van der Waals surface area (Å²) in [5.41, 5.74) is 5.85. The summed E-state index contributed by atoms with van der Waals surface area (Å²) in [6.07, 6.45) is 5.18. The number of hydrogen-bond acceptors (Lipinski definition) is 2. The Morgan fingerprint density at radius 3 is 1.23 bits per heavy atom. The van der Waals surface area contributed by atoms with Crippen molar-refractivity contribution in [3.05, 3.63) is 0 Å². The van der Waals surface area contributed by atoms with Gasteiger partial charge in [-0.3, -0.25) is 0 Å². The van der Waals surface area contributed by atoms with Gasteiger partial charge in [0.15, 0.2) is 0 Å². The average Bonchev–Trinajstić information content (AvgIpc) is 3.65. The van der Waals surface area contributed by atoms with E-state index in [2.05, 4.69) is 0 Å². The van der Waals surface area contributed by atoms with Gasteiger partial charge in [-0.05, 0) is 0 Å². The van der Waals surface area contributed by atoms with E-state index in [0.29, 0.717) is 0 Å². The number of unbranched alkanes of at least 4 members (excludes halogenated alkanes) is 2. The fraction of sp³-hybridized carbons (Fsp3) is 1.00. The van der Waals surface area contributed by atoms with E-state index in [1.807, 2.05) is 0 Å². The Morgan fingerprint density at radius 2 is 0.968 bits per heavy atom. The van der Waals surface area contributed by atoms with Gasteiger partial charge in [0, 0.05) is 0 Å². The monoisotopic (exact) mass is 499 g/mol. The van der Waals surface area contributed by atoms with E-state index in [-0.39, 0.29) is 6.10 Å². The summed E-state index contributed by atoms with van der Waals surface area (Å²) >= 11 is 0. The second-order valence-electron chi connectivity index (χ2n) is 22.2. The van der Waals surface area contributed by atoms with Gasteiger partial charge in [0.1, 0.15) is 0 Å². The molecule has 4 heteroatoms. The molecule has 0 radical (unpaired) electrons.